The largest absolute Gasteiger partial charge is 0.612 e. The second kappa shape index (κ2) is 7.66. The molecule has 2 unspecified atom stereocenters. The minimum Gasteiger partial charge on any atom is -0.612 e. The van der Waals surface area contributed by atoms with Crippen molar-refractivity contribution in [3.05, 3.63) is 82.4 Å². The number of ether oxygens (including phenoxy) is 1. The highest BCUT2D eigenvalue weighted by Crippen LogP contribution is 2.48. The number of hydrogen-bond donors (Lipinski definition) is 1. The average molecular weight is 448 g/mol. The molecule has 150 valence electrons. The van der Waals surface area contributed by atoms with Gasteiger partial charge >= 0.3 is 0 Å². The summed E-state index contributed by atoms with van der Waals surface area (Å²) < 4.78 is 41.8. The van der Waals surface area contributed by atoms with Crippen LogP contribution < -0.4 is 9.88 Å². The van der Waals surface area contributed by atoms with E-state index in [1.54, 1.807) is 30.5 Å². The summed E-state index contributed by atoms with van der Waals surface area (Å²) in [5.74, 6) is 0.339. The van der Waals surface area contributed by atoms with Crippen molar-refractivity contribution < 1.29 is 17.7 Å². The van der Waals surface area contributed by atoms with E-state index in [4.69, 9.17) is 21.5 Å². The van der Waals surface area contributed by atoms with Crippen molar-refractivity contribution in [3.63, 3.8) is 0 Å². The van der Waals surface area contributed by atoms with Gasteiger partial charge in [-0.25, -0.2) is 13.6 Å². The first-order valence-corrected chi connectivity index (χ1v) is 12.4. The number of primary sulfonamides is 1. The number of nitrogens with two attached hydrogens (primary N) is 1. The van der Waals surface area contributed by atoms with Crippen LogP contribution in [-0.2, 0) is 27.0 Å². The predicted molar refractivity (Wildman–Crippen MR) is 115 cm³/mol. The molecule has 3 aromatic rings. The molecule has 0 aliphatic carbocycles. The summed E-state index contributed by atoms with van der Waals surface area (Å²) in [6, 6.07) is 18.1. The van der Waals surface area contributed by atoms with Crippen molar-refractivity contribution in [2.75, 3.05) is 6.26 Å². The van der Waals surface area contributed by atoms with Crippen LogP contribution in [0.3, 0.4) is 0 Å². The highest BCUT2D eigenvalue weighted by molar-refractivity contribution is 7.90. The van der Waals surface area contributed by atoms with E-state index >= 15 is 0 Å². The zero-order valence-corrected chi connectivity index (χ0v) is 17.9. The van der Waals surface area contributed by atoms with Gasteiger partial charge in [0.25, 0.3) is 0 Å². The third-order valence-corrected chi connectivity index (χ3v) is 6.66. The molecule has 0 spiro atoms. The van der Waals surface area contributed by atoms with Crippen LogP contribution in [0.4, 0.5) is 0 Å². The highest BCUT2D eigenvalue weighted by Gasteiger charge is 2.32. The first-order valence-electron chi connectivity index (χ1n) is 8.75. The van der Waals surface area contributed by atoms with Crippen LogP contribution in [0.5, 0.6) is 5.75 Å². The quantitative estimate of drug-likeness (QED) is 0.611. The molecule has 8 heteroatoms. The van der Waals surface area contributed by atoms with Crippen LogP contribution in [0.2, 0.25) is 5.02 Å². The van der Waals surface area contributed by atoms with E-state index in [1.807, 2.05) is 36.4 Å². The molecule has 3 aromatic carbocycles. The molecular formula is C21H18ClNO4S2. The van der Waals surface area contributed by atoms with Gasteiger partial charge in [0, 0.05) is 10.6 Å². The maximum absolute atomic E-state index is 12.3. The monoisotopic (exact) mass is 447 g/mol. The lowest BCUT2D eigenvalue weighted by molar-refractivity contribution is 0.243. The normalized spacial score (nSPS) is 16.5. The summed E-state index contributed by atoms with van der Waals surface area (Å²) in [5, 5.41) is 5.80. The summed E-state index contributed by atoms with van der Waals surface area (Å²) in [6.07, 6.45) is 1.13. The molecule has 0 saturated heterocycles. The minimum atomic E-state index is -3.69. The van der Waals surface area contributed by atoms with Gasteiger partial charge in [-0.15, -0.1) is 0 Å². The van der Waals surface area contributed by atoms with Gasteiger partial charge in [0.05, 0.1) is 11.3 Å². The lowest BCUT2D eigenvalue weighted by atomic mass is 9.88. The van der Waals surface area contributed by atoms with Gasteiger partial charge in [-0.3, -0.25) is 0 Å². The molecule has 0 radical (unpaired) electrons. The molecule has 1 aliphatic heterocycles. The third kappa shape index (κ3) is 4.15. The summed E-state index contributed by atoms with van der Waals surface area (Å²) in [6.45, 7) is 0. The SMILES string of the molecule is C[S+]([O-])c1cccc2c1-c1ccc(CS(N)(=O)=O)cc1C(c1cccc(Cl)c1)O2. The van der Waals surface area contributed by atoms with Crippen molar-refractivity contribution in [2.24, 2.45) is 5.14 Å². The van der Waals surface area contributed by atoms with Crippen molar-refractivity contribution in [1.82, 2.24) is 0 Å². The van der Waals surface area contributed by atoms with E-state index in [2.05, 4.69) is 0 Å². The van der Waals surface area contributed by atoms with Crippen molar-refractivity contribution in [3.8, 4) is 16.9 Å². The number of fused-ring (bicyclic) bond motifs is 3. The van der Waals surface area contributed by atoms with E-state index in [9.17, 15) is 13.0 Å². The van der Waals surface area contributed by atoms with Crippen LogP contribution in [0.15, 0.2) is 65.6 Å². The predicted octanol–water partition coefficient (Wildman–Crippen LogP) is 4.01. The second-order valence-electron chi connectivity index (χ2n) is 6.87. The molecule has 0 bridgehead atoms. The topological polar surface area (TPSA) is 92.5 Å². The second-order valence-corrected chi connectivity index (χ2v) is 10.3. The molecule has 0 aromatic heterocycles. The van der Waals surface area contributed by atoms with Crippen molar-refractivity contribution in [2.45, 2.75) is 16.8 Å². The number of hydrogen-bond acceptors (Lipinski definition) is 4. The highest BCUT2D eigenvalue weighted by atomic mass is 35.5. The molecule has 4 rings (SSSR count). The fraction of sp³-hybridized carbons (Fsp3) is 0.143. The fourth-order valence-corrected chi connectivity index (χ4v) is 5.21. The number of benzene rings is 3. The Morgan fingerprint density at radius 2 is 1.90 bits per heavy atom. The van der Waals surface area contributed by atoms with E-state index in [1.165, 1.54) is 0 Å². The van der Waals surface area contributed by atoms with Gasteiger partial charge in [0.1, 0.15) is 18.1 Å². The number of rotatable bonds is 4. The molecule has 0 fully saturated rings. The molecule has 0 amide bonds. The van der Waals surface area contributed by atoms with E-state index in [0.29, 0.717) is 21.2 Å². The fourth-order valence-electron chi connectivity index (χ4n) is 3.60. The van der Waals surface area contributed by atoms with Crippen molar-refractivity contribution in [1.29, 1.82) is 0 Å². The molecule has 0 saturated carbocycles. The number of halogens is 1. The van der Waals surface area contributed by atoms with Crippen LogP contribution in [0, 0.1) is 0 Å². The Morgan fingerprint density at radius 3 is 2.59 bits per heavy atom. The Kier molecular flexibility index (Phi) is 5.35. The van der Waals surface area contributed by atoms with Gasteiger partial charge in [-0.2, -0.15) is 0 Å². The van der Waals surface area contributed by atoms with Gasteiger partial charge in [-0.05, 0) is 52.1 Å². The molecule has 2 atom stereocenters. The van der Waals surface area contributed by atoms with Crippen LogP contribution in [-0.4, -0.2) is 19.2 Å². The average Bonchev–Trinajstić information content (AvgIpc) is 2.65. The molecule has 2 N–H and O–H groups in total. The molecule has 5 nitrogen and oxygen atoms in total. The Balaban J connectivity index is 1.95. The molecule has 29 heavy (non-hydrogen) atoms. The van der Waals surface area contributed by atoms with Gasteiger partial charge in [0.15, 0.2) is 4.90 Å². The minimum absolute atomic E-state index is 0.281. The maximum atomic E-state index is 12.3. The first-order chi connectivity index (χ1) is 13.7. The Hall–Kier alpha value is -2.03. The lowest BCUT2D eigenvalue weighted by Gasteiger charge is -2.30. The summed E-state index contributed by atoms with van der Waals surface area (Å²) >= 11 is 4.96. The van der Waals surface area contributed by atoms with Crippen LogP contribution >= 0.6 is 11.6 Å². The van der Waals surface area contributed by atoms with Gasteiger partial charge < -0.3 is 9.29 Å². The molecule has 1 heterocycles. The van der Waals surface area contributed by atoms with Crippen molar-refractivity contribution >= 4 is 32.8 Å². The number of sulfonamides is 1. The van der Waals surface area contributed by atoms with E-state index in [-0.39, 0.29) is 5.75 Å². The van der Waals surface area contributed by atoms with E-state index in [0.717, 1.165) is 22.3 Å². The smallest absolute Gasteiger partial charge is 0.213 e. The Labute approximate surface area is 177 Å². The first kappa shape index (κ1) is 20.3. The van der Waals surface area contributed by atoms with Gasteiger partial charge in [0.2, 0.25) is 10.0 Å². The third-order valence-electron chi connectivity index (χ3n) is 4.73. The Morgan fingerprint density at radius 1 is 1.14 bits per heavy atom. The van der Waals surface area contributed by atoms with E-state index < -0.39 is 27.3 Å². The zero-order valence-electron chi connectivity index (χ0n) is 15.5. The Bertz CT molecular complexity index is 1200. The van der Waals surface area contributed by atoms with Crippen LogP contribution in [0.1, 0.15) is 22.8 Å². The summed E-state index contributed by atoms with van der Waals surface area (Å²) in [5.41, 5.74) is 3.77. The molecule has 1 aliphatic rings. The zero-order chi connectivity index (χ0) is 20.8. The lowest BCUT2D eigenvalue weighted by Crippen LogP contribution is -2.19. The summed E-state index contributed by atoms with van der Waals surface area (Å²) in [4.78, 5) is 0.660. The van der Waals surface area contributed by atoms with Crippen LogP contribution in [0.25, 0.3) is 11.1 Å². The maximum Gasteiger partial charge on any atom is 0.213 e. The standard InChI is InChI=1S/C21H18ClNO4S2/c1-28(24)19-7-3-6-18-20(19)16-9-8-13(12-29(23,25)26)10-17(16)21(27-18)14-4-2-5-15(22)11-14/h2-11,21H,12H2,1H3,(H2,23,25,26). The molecular weight excluding hydrogens is 430 g/mol. The summed E-state index contributed by atoms with van der Waals surface area (Å²) in [7, 11) is -3.69. The van der Waals surface area contributed by atoms with Gasteiger partial charge in [-0.1, -0.05) is 48.0 Å².